The van der Waals surface area contributed by atoms with Gasteiger partial charge >= 0.3 is 0 Å². The first-order valence-corrected chi connectivity index (χ1v) is 10.6. The minimum absolute atomic E-state index is 0.139. The first-order valence-electron chi connectivity index (χ1n) is 10.6. The number of hydrogen-bond donors (Lipinski definition) is 2. The molecule has 0 aromatic heterocycles. The van der Waals surface area contributed by atoms with Crippen molar-refractivity contribution in [3.8, 4) is 0 Å². The van der Waals surface area contributed by atoms with Crippen molar-refractivity contribution in [1.29, 1.82) is 0 Å². The molecule has 3 saturated heterocycles. The number of fused-ring (bicyclic) bond motifs is 1. The number of nitrogens with one attached hydrogen (secondary N) is 1. The van der Waals surface area contributed by atoms with Gasteiger partial charge in [0.2, 0.25) is 0 Å². The monoisotopic (exact) mass is 364 g/mol. The second-order valence-corrected chi connectivity index (χ2v) is 9.29. The molecule has 0 aromatic carbocycles. The third-order valence-electron chi connectivity index (χ3n) is 7.47. The van der Waals surface area contributed by atoms with E-state index in [1.165, 1.54) is 18.4 Å². The van der Waals surface area contributed by atoms with Gasteiger partial charge in [0, 0.05) is 44.4 Å². The molecule has 1 aliphatic carbocycles. The Morgan fingerprint density at radius 2 is 2.08 bits per heavy atom. The van der Waals surface area contributed by atoms with Crippen molar-refractivity contribution in [2.45, 2.75) is 57.8 Å². The van der Waals surface area contributed by atoms with E-state index < -0.39 is 5.79 Å². The first kappa shape index (κ1) is 18.7. The maximum Gasteiger partial charge on any atom is 0.173 e. The zero-order valence-corrected chi connectivity index (χ0v) is 16.7. The summed E-state index contributed by atoms with van der Waals surface area (Å²) < 4.78 is 11.9. The predicted molar refractivity (Wildman–Crippen MR) is 102 cm³/mol. The normalized spacial score (nSPS) is 44.7. The van der Waals surface area contributed by atoms with Crippen LogP contribution in [0.4, 0.5) is 0 Å². The van der Waals surface area contributed by atoms with Crippen LogP contribution in [0.2, 0.25) is 0 Å². The molecular formula is C21H36N2O3. The summed E-state index contributed by atoms with van der Waals surface area (Å²) in [6.07, 6.45) is 6.29. The number of aliphatic hydroxyl groups is 1. The first-order chi connectivity index (χ1) is 12.4. The van der Waals surface area contributed by atoms with Crippen LogP contribution in [0.5, 0.6) is 0 Å². The Morgan fingerprint density at radius 3 is 2.81 bits per heavy atom. The van der Waals surface area contributed by atoms with Gasteiger partial charge in [-0.05, 0) is 42.9 Å². The van der Waals surface area contributed by atoms with Crippen LogP contribution in [0.25, 0.3) is 0 Å². The molecule has 5 nitrogen and oxygen atoms in total. The van der Waals surface area contributed by atoms with Crippen molar-refractivity contribution in [3.63, 3.8) is 0 Å². The molecule has 0 aromatic rings. The van der Waals surface area contributed by atoms with Gasteiger partial charge in [0.15, 0.2) is 5.79 Å². The van der Waals surface area contributed by atoms with Crippen LogP contribution in [0, 0.1) is 23.7 Å². The molecule has 2 bridgehead atoms. The maximum absolute atomic E-state index is 11.3. The topological polar surface area (TPSA) is 54.0 Å². The van der Waals surface area contributed by atoms with Gasteiger partial charge in [0.05, 0.1) is 18.8 Å². The highest BCUT2D eigenvalue weighted by molar-refractivity contribution is 5.26. The molecular weight excluding hydrogens is 328 g/mol. The molecule has 5 atom stereocenters. The Morgan fingerprint density at radius 1 is 1.31 bits per heavy atom. The van der Waals surface area contributed by atoms with Crippen LogP contribution < -0.4 is 5.32 Å². The molecule has 4 rings (SSSR count). The predicted octanol–water partition coefficient (Wildman–Crippen LogP) is 2.36. The van der Waals surface area contributed by atoms with E-state index in [4.69, 9.17) is 9.47 Å². The van der Waals surface area contributed by atoms with Crippen LogP contribution in [0.3, 0.4) is 0 Å². The van der Waals surface area contributed by atoms with Gasteiger partial charge in [-0.2, -0.15) is 0 Å². The summed E-state index contributed by atoms with van der Waals surface area (Å²) in [6, 6.07) is 0. The Balaban J connectivity index is 1.45. The third kappa shape index (κ3) is 3.11. The van der Waals surface area contributed by atoms with Crippen LogP contribution in [0.15, 0.2) is 11.8 Å². The molecule has 148 valence electrons. The van der Waals surface area contributed by atoms with E-state index in [1.807, 2.05) is 0 Å². The molecule has 1 spiro atoms. The lowest BCUT2D eigenvalue weighted by molar-refractivity contribution is -0.269. The van der Waals surface area contributed by atoms with Gasteiger partial charge in [-0.1, -0.05) is 20.8 Å². The SMILES string of the molecule is CC(C)C1CC23OC1(O)C/C(=C\NCCN1CCOCC1)C2CCC3C. The largest absolute Gasteiger partial charge is 0.390 e. The van der Waals surface area contributed by atoms with E-state index in [2.05, 4.69) is 37.2 Å². The number of hydrogen-bond acceptors (Lipinski definition) is 5. The van der Waals surface area contributed by atoms with Crippen LogP contribution >= 0.6 is 0 Å². The fourth-order valence-corrected chi connectivity index (χ4v) is 5.95. The van der Waals surface area contributed by atoms with Crippen LogP contribution in [-0.4, -0.2) is 60.8 Å². The summed E-state index contributed by atoms with van der Waals surface area (Å²) in [4.78, 5) is 2.45. The van der Waals surface area contributed by atoms with Gasteiger partial charge in [-0.3, -0.25) is 4.90 Å². The molecule has 3 heterocycles. The standard InChI is InChI=1S/C21H36N2O3/c1-15(2)19-13-20-16(3)4-5-18(20)17(12-21(19,24)26-20)14-22-6-7-23-8-10-25-11-9-23/h14-16,18-19,22,24H,4-13H2,1-3H3/b17-14+. The van der Waals surface area contributed by atoms with Crippen LogP contribution in [-0.2, 0) is 9.47 Å². The number of nitrogens with zero attached hydrogens (tertiary/aromatic N) is 1. The fraction of sp³-hybridized carbons (Fsp3) is 0.905. The zero-order valence-electron chi connectivity index (χ0n) is 16.7. The van der Waals surface area contributed by atoms with Gasteiger partial charge < -0.3 is 19.9 Å². The van der Waals surface area contributed by atoms with Crippen molar-refractivity contribution in [1.82, 2.24) is 10.2 Å². The Labute approximate surface area is 158 Å². The quantitative estimate of drug-likeness (QED) is 0.734. The average molecular weight is 365 g/mol. The molecule has 4 aliphatic rings. The van der Waals surface area contributed by atoms with E-state index in [9.17, 15) is 5.11 Å². The highest BCUT2D eigenvalue weighted by Crippen LogP contribution is 2.63. The molecule has 1 saturated carbocycles. The zero-order chi connectivity index (χ0) is 18.4. The summed E-state index contributed by atoms with van der Waals surface area (Å²) in [5, 5.41) is 14.9. The van der Waals surface area contributed by atoms with Gasteiger partial charge in [-0.15, -0.1) is 0 Å². The van der Waals surface area contributed by atoms with E-state index in [1.54, 1.807) is 0 Å². The summed E-state index contributed by atoms with van der Waals surface area (Å²) in [5.74, 6) is 0.713. The van der Waals surface area contributed by atoms with Crippen molar-refractivity contribution in [2.75, 3.05) is 39.4 Å². The minimum Gasteiger partial charge on any atom is -0.390 e. The number of morpholine rings is 1. The Bertz CT molecular complexity index is 545. The number of rotatable bonds is 5. The molecule has 5 unspecified atom stereocenters. The van der Waals surface area contributed by atoms with E-state index >= 15 is 0 Å². The second-order valence-electron chi connectivity index (χ2n) is 9.29. The summed E-state index contributed by atoms with van der Waals surface area (Å²) >= 11 is 0. The van der Waals surface area contributed by atoms with Crippen LogP contribution in [0.1, 0.15) is 46.5 Å². The molecule has 5 heteroatoms. The molecule has 0 amide bonds. The summed E-state index contributed by atoms with van der Waals surface area (Å²) in [6.45, 7) is 12.5. The lowest BCUT2D eigenvalue weighted by Crippen LogP contribution is -2.49. The summed E-state index contributed by atoms with van der Waals surface area (Å²) in [7, 11) is 0. The van der Waals surface area contributed by atoms with Crippen molar-refractivity contribution < 1.29 is 14.6 Å². The van der Waals surface area contributed by atoms with Crippen molar-refractivity contribution >= 4 is 0 Å². The summed E-state index contributed by atoms with van der Waals surface area (Å²) in [5.41, 5.74) is 1.24. The third-order valence-corrected chi connectivity index (χ3v) is 7.47. The Kier molecular flexibility index (Phi) is 5.10. The van der Waals surface area contributed by atoms with Gasteiger partial charge in [0.25, 0.3) is 0 Å². The second kappa shape index (κ2) is 7.08. The average Bonchev–Trinajstić information content (AvgIpc) is 3.07. The van der Waals surface area contributed by atoms with E-state index in [0.717, 1.165) is 45.8 Å². The maximum atomic E-state index is 11.3. The molecule has 4 fully saturated rings. The van der Waals surface area contributed by atoms with Gasteiger partial charge in [-0.25, -0.2) is 0 Å². The highest BCUT2D eigenvalue weighted by atomic mass is 16.6. The molecule has 26 heavy (non-hydrogen) atoms. The molecule has 3 aliphatic heterocycles. The molecule has 0 radical (unpaired) electrons. The number of ether oxygens (including phenoxy) is 2. The molecule has 2 N–H and O–H groups in total. The fourth-order valence-electron chi connectivity index (χ4n) is 5.95. The minimum atomic E-state index is -0.971. The highest BCUT2D eigenvalue weighted by Gasteiger charge is 2.66. The lowest BCUT2D eigenvalue weighted by atomic mass is 9.77. The van der Waals surface area contributed by atoms with Crippen molar-refractivity contribution in [2.24, 2.45) is 23.7 Å². The smallest absolute Gasteiger partial charge is 0.173 e. The van der Waals surface area contributed by atoms with E-state index in [-0.39, 0.29) is 11.5 Å². The Hall–Kier alpha value is -0.620. The van der Waals surface area contributed by atoms with Crippen molar-refractivity contribution in [3.05, 3.63) is 11.8 Å². The van der Waals surface area contributed by atoms with E-state index in [0.29, 0.717) is 24.2 Å². The lowest BCUT2D eigenvalue weighted by Gasteiger charge is -2.44. The van der Waals surface area contributed by atoms with Gasteiger partial charge in [0.1, 0.15) is 0 Å².